The van der Waals surface area contributed by atoms with Gasteiger partial charge in [0.15, 0.2) is 40.6 Å². The largest absolute Gasteiger partial charge is 0.504 e. The Morgan fingerprint density at radius 1 is 0.929 bits per heavy atom. The molecule has 0 aliphatic heterocycles. The Hall–Kier alpha value is -3.25. The van der Waals surface area contributed by atoms with Gasteiger partial charge in [-0.3, -0.25) is 9.59 Å². The summed E-state index contributed by atoms with van der Waals surface area (Å²) < 4.78 is 10.1. The first kappa shape index (κ1) is 21.1. The van der Waals surface area contributed by atoms with E-state index in [0.717, 1.165) is 0 Å². The van der Waals surface area contributed by atoms with Crippen LogP contribution in [0.4, 0.5) is 0 Å². The Bertz CT molecular complexity index is 917. The third-order valence-corrected chi connectivity index (χ3v) is 3.78. The number of benzene rings is 2. The van der Waals surface area contributed by atoms with Crippen LogP contribution in [0.1, 0.15) is 17.5 Å². The van der Waals surface area contributed by atoms with E-state index >= 15 is 0 Å². The minimum atomic E-state index is -0.370. The molecule has 0 atom stereocenters. The molecule has 0 heterocycles. The van der Waals surface area contributed by atoms with Gasteiger partial charge in [-0.25, -0.2) is 0 Å². The molecule has 2 N–H and O–H groups in total. The van der Waals surface area contributed by atoms with Crippen LogP contribution in [-0.4, -0.2) is 35.0 Å². The van der Waals surface area contributed by atoms with E-state index in [1.165, 1.54) is 49.6 Å². The van der Waals surface area contributed by atoms with Crippen molar-refractivity contribution in [3.8, 4) is 23.0 Å². The van der Waals surface area contributed by atoms with E-state index in [1.54, 1.807) is 18.2 Å². The lowest BCUT2D eigenvalue weighted by Gasteiger charge is -2.05. The molecule has 2 rings (SSSR count). The van der Waals surface area contributed by atoms with Gasteiger partial charge in [0.1, 0.15) is 0 Å². The predicted octanol–water partition coefficient (Wildman–Crippen LogP) is 3.94. The number of allylic oxidation sites excluding steroid dienone is 2. The summed E-state index contributed by atoms with van der Waals surface area (Å²) in [7, 11) is 1.43. The van der Waals surface area contributed by atoms with Crippen molar-refractivity contribution in [1.82, 2.24) is 0 Å². The minimum absolute atomic E-state index is 0.000118. The third-order valence-electron chi connectivity index (χ3n) is 3.67. The van der Waals surface area contributed by atoms with Crippen molar-refractivity contribution in [2.75, 3.05) is 13.2 Å². The van der Waals surface area contributed by atoms with Gasteiger partial charge in [0.25, 0.3) is 0 Å². The van der Waals surface area contributed by atoms with Crippen LogP contribution < -0.4 is 9.47 Å². The van der Waals surface area contributed by atoms with E-state index in [9.17, 15) is 19.8 Å². The second-order valence-electron chi connectivity index (χ2n) is 5.69. The first-order valence-corrected chi connectivity index (χ1v) is 8.77. The Balaban J connectivity index is 1.96. The van der Waals surface area contributed by atoms with Crippen LogP contribution in [0.2, 0.25) is 0 Å². The number of ketones is 2. The van der Waals surface area contributed by atoms with Crippen LogP contribution in [0.3, 0.4) is 0 Å². The van der Waals surface area contributed by atoms with Gasteiger partial charge >= 0.3 is 0 Å². The number of hydrogen-bond acceptors (Lipinski definition) is 6. The number of rotatable bonds is 9. The molecule has 0 spiro atoms. The number of carbonyl (C=O) groups excluding carboxylic acids is 2. The smallest absolute Gasteiger partial charge is 0.163 e. The van der Waals surface area contributed by atoms with Crippen molar-refractivity contribution in [3.05, 3.63) is 59.7 Å². The average molecular weight is 403 g/mol. The number of halogens is 1. The maximum atomic E-state index is 12.0. The van der Waals surface area contributed by atoms with E-state index < -0.39 is 0 Å². The standard InChI is InChI=1S/C21H19ClO6/c1-27-20-10-14(4-8-18(20)25)2-6-16(23)12-17(24)7-3-15-5-9-19(26)21(11-15)28-13-22/h2-11,25-26H,12-13H2,1H3/b6-2+,7-3+. The molecule has 2 aromatic rings. The maximum absolute atomic E-state index is 12.0. The van der Waals surface area contributed by atoms with Crippen LogP contribution in [0.15, 0.2) is 48.6 Å². The second-order valence-corrected chi connectivity index (χ2v) is 5.91. The molecule has 7 heteroatoms. The first-order valence-electron chi connectivity index (χ1n) is 8.23. The molecular formula is C21H19ClO6. The van der Waals surface area contributed by atoms with Crippen LogP contribution in [0.25, 0.3) is 12.2 Å². The molecule has 0 bridgehead atoms. The summed E-state index contributed by atoms with van der Waals surface area (Å²) in [6, 6.07) is 9.08. The number of ether oxygens (including phenoxy) is 2. The molecule has 6 nitrogen and oxygen atoms in total. The molecule has 28 heavy (non-hydrogen) atoms. The normalized spacial score (nSPS) is 11.1. The minimum Gasteiger partial charge on any atom is -0.504 e. The maximum Gasteiger partial charge on any atom is 0.163 e. The fourth-order valence-corrected chi connectivity index (χ4v) is 2.39. The van der Waals surface area contributed by atoms with Crippen molar-refractivity contribution in [2.45, 2.75) is 6.42 Å². The van der Waals surface area contributed by atoms with Gasteiger partial charge in [0, 0.05) is 0 Å². The van der Waals surface area contributed by atoms with Gasteiger partial charge in [-0.15, -0.1) is 0 Å². The zero-order valence-electron chi connectivity index (χ0n) is 15.1. The molecule has 0 aromatic heterocycles. The average Bonchev–Trinajstić information content (AvgIpc) is 2.68. The number of aromatic hydroxyl groups is 2. The van der Waals surface area contributed by atoms with Crippen LogP contribution in [-0.2, 0) is 9.59 Å². The van der Waals surface area contributed by atoms with Crippen molar-refractivity contribution in [2.24, 2.45) is 0 Å². The Kier molecular flexibility index (Phi) is 7.65. The van der Waals surface area contributed by atoms with Crippen molar-refractivity contribution >= 4 is 35.3 Å². The van der Waals surface area contributed by atoms with Gasteiger partial charge in [0.2, 0.25) is 0 Å². The molecular weight excluding hydrogens is 384 g/mol. The number of alkyl halides is 1. The monoisotopic (exact) mass is 402 g/mol. The lowest BCUT2D eigenvalue weighted by Crippen LogP contribution is -2.01. The number of carbonyl (C=O) groups is 2. The predicted molar refractivity (Wildman–Crippen MR) is 107 cm³/mol. The van der Waals surface area contributed by atoms with Gasteiger partial charge in [-0.1, -0.05) is 35.9 Å². The number of methoxy groups -OCH3 is 1. The highest BCUT2D eigenvalue weighted by molar-refractivity contribution is 6.17. The van der Waals surface area contributed by atoms with E-state index in [4.69, 9.17) is 21.1 Å². The van der Waals surface area contributed by atoms with E-state index in [-0.39, 0.29) is 41.3 Å². The molecule has 0 fully saturated rings. The van der Waals surface area contributed by atoms with Crippen LogP contribution in [0.5, 0.6) is 23.0 Å². The summed E-state index contributed by atoms with van der Waals surface area (Å²) in [6.07, 6.45) is 5.35. The fourth-order valence-electron chi connectivity index (χ4n) is 2.27. The lowest BCUT2D eigenvalue weighted by atomic mass is 10.1. The molecule has 146 valence electrons. The quantitative estimate of drug-likeness (QED) is 0.375. The topological polar surface area (TPSA) is 93.1 Å². The second kappa shape index (κ2) is 10.2. The Labute approximate surface area is 167 Å². The summed E-state index contributed by atoms with van der Waals surface area (Å²) in [6.45, 7) is 0. The Morgan fingerprint density at radius 3 is 1.93 bits per heavy atom. The summed E-state index contributed by atoms with van der Waals surface area (Å²) in [4.78, 5) is 23.9. The summed E-state index contributed by atoms with van der Waals surface area (Å²) in [5.74, 6) is -0.298. The van der Waals surface area contributed by atoms with E-state index in [2.05, 4.69) is 0 Å². The Morgan fingerprint density at radius 2 is 1.43 bits per heavy atom. The SMILES string of the molecule is COc1cc(/C=C/C(=O)CC(=O)/C=C/c2ccc(O)c(OCCl)c2)ccc1O. The van der Waals surface area contributed by atoms with Crippen molar-refractivity contribution in [3.63, 3.8) is 0 Å². The highest BCUT2D eigenvalue weighted by Gasteiger charge is 2.06. The zero-order chi connectivity index (χ0) is 20.5. The molecule has 0 saturated heterocycles. The van der Waals surface area contributed by atoms with Crippen LogP contribution in [0, 0.1) is 0 Å². The summed E-state index contributed by atoms with van der Waals surface area (Å²) >= 11 is 5.48. The first-order chi connectivity index (χ1) is 13.4. The molecule has 0 amide bonds. The molecule has 0 saturated carbocycles. The van der Waals surface area contributed by atoms with Gasteiger partial charge in [-0.05, 0) is 47.5 Å². The van der Waals surface area contributed by atoms with E-state index in [0.29, 0.717) is 16.9 Å². The fraction of sp³-hybridized carbons (Fsp3) is 0.143. The summed E-state index contributed by atoms with van der Waals surface area (Å²) in [5, 5.41) is 19.2. The van der Waals surface area contributed by atoms with Crippen molar-refractivity contribution in [1.29, 1.82) is 0 Å². The highest BCUT2D eigenvalue weighted by Crippen LogP contribution is 2.28. The highest BCUT2D eigenvalue weighted by atomic mass is 35.5. The molecule has 0 aliphatic rings. The van der Waals surface area contributed by atoms with Gasteiger partial charge in [-0.2, -0.15) is 0 Å². The molecule has 0 radical (unpaired) electrons. The molecule has 0 unspecified atom stereocenters. The molecule has 2 aromatic carbocycles. The summed E-state index contributed by atoms with van der Waals surface area (Å²) in [5.41, 5.74) is 1.27. The number of phenolic OH excluding ortho intramolecular Hbond substituents is 2. The molecule has 0 aliphatic carbocycles. The third kappa shape index (κ3) is 6.17. The lowest BCUT2D eigenvalue weighted by molar-refractivity contribution is -0.121. The van der Waals surface area contributed by atoms with Gasteiger partial charge in [0.05, 0.1) is 13.5 Å². The zero-order valence-corrected chi connectivity index (χ0v) is 15.8. The van der Waals surface area contributed by atoms with Crippen molar-refractivity contribution < 1.29 is 29.3 Å². The van der Waals surface area contributed by atoms with Gasteiger partial charge < -0.3 is 19.7 Å². The number of phenols is 2. The van der Waals surface area contributed by atoms with Crippen LogP contribution >= 0.6 is 11.6 Å². The number of hydrogen-bond donors (Lipinski definition) is 2. The van der Waals surface area contributed by atoms with E-state index in [1.807, 2.05) is 0 Å².